The van der Waals surface area contributed by atoms with Crippen LogP contribution in [0.5, 0.6) is 23.0 Å². The van der Waals surface area contributed by atoms with Crippen LogP contribution in [0.15, 0.2) is 59.1 Å². The van der Waals surface area contributed by atoms with Crippen LogP contribution in [0.3, 0.4) is 0 Å². The van der Waals surface area contributed by atoms with Gasteiger partial charge in [0.2, 0.25) is 6.79 Å². The maximum absolute atomic E-state index is 10.6. The van der Waals surface area contributed by atoms with Gasteiger partial charge in [0.1, 0.15) is 12.7 Å². The minimum atomic E-state index is -0.835. The summed E-state index contributed by atoms with van der Waals surface area (Å²) in [5, 5.41) is 14.7. The minimum absolute atomic E-state index is 0.0543. The Morgan fingerprint density at radius 2 is 1.91 bits per heavy atom. The highest BCUT2D eigenvalue weighted by atomic mass is 79.9. The zero-order valence-corrected chi connectivity index (χ0v) is 19.8. The van der Waals surface area contributed by atoms with Crippen LogP contribution < -0.4 is 24.3 Å². The number of methoxy groups -OCH3 is 1. The van der Waals surface area contributed by atoms with Crippen molar-refractivity contribution in [2.45, 2.75) is 19.2 Å². The summed E-state index contributed by atoms with van der Waals surface area (Å²) in [4.78, 5) is 0. The second-order valence-electron chi connectivity index (χ2n) is 7.24. The third-order valence-corrected chi connectivity index (χ3v) is 6.02. The minimum Gasteiger partial charge on any atom is -0.493 e. The number of hydrogen-bond acceptors (Lipinski definition) is 6. The second kappa shape index (κ2) is 10.4. The van der Waals surface area contributed by atoms with Gasteiger partial charge in [-0.3, -0.25) is 0 Å². The van der Waals surface area contributed by atoms with Crippen molar-refractivity contribution >= 4 is 27.5 Å². The number of halogens is 2. The van der Waals surface area contributed by atoms with Crippen molar-refractivity contribution in [2.24, 2.45) is 0 Å². The highest BCUT2D eigenvalue weighted by molar-refractivity contribution is 9.10. The van der Waals surface area contributed by atoms with Gasteiger partial charge in [-0.05, 0) is 63.0 Å². The first-order valence-electron chi connectivity index (χ1n) is 10.1. The molecule has 6 nitrogen and oxygen atoms in total. The van der Waals surface area contributed by atoms with Crippen molar-refractivity contribution in [3.05, 3.63) is 80.8 Å². The molecule has 1 heterocycles. The third-order valence-electron chi connectivity index (χ3n) is 5.06. The van der Waals surface area contributed by atoms with Gasteiger partial charge in [0.25, 0.3) is 0 Å². The molecule has 1 aliphatic rings. The topological polar surface area (TPSA) is 69.2 Å². The molecule has 2 N–H and O–H groups in total. The molecule has 0 saturated carbocycles. The molecular weight excluding hydrogens is 498 g/mol. The van der Waals surface area contributed by atoms with E-state index >= 15 is 0 Å². The highest BCUT2D eigenvalue weighted by Crippen LogP contribution is 2.38. The van der Waals surface area contributed by atoms with Gasteiger partial charge >= 0.3 is 0 Å². The van der Waals surface area contributed by atoms with Crippen LogP contribution in [0.1, 0.15) is 22.8 Å². The van der Waals surface area contributed by atoms with E-state index in [-0.39, 0.29) is 13.4 Å². The molecule has 3 aromatic rings. The van der Waals surface area contributed by atoms with E-state index < -0.39 is 6.10 Å². The fourth-order valence-corrected chi connectivity index (χ4v) is 4.18. The molecule has 0 bridgehead atoms. The molecular formula is C24H23BrClNO5. The molecule has 0 spiro atoms. The Balaban J connectivity index is 1.39. The molecule has 168 valence electrons. The number of rotatable bonds is 9. The van der Waals surface area contributed by atoms with E-state index in [1.165, 1.54) is 0 Å². The summed E-state index contributed by atoms with van der Waals surface area (Å²) >= 11 is 9.78. The van der Waals surface area contributed by atoms with Gasteiger partial charge < -0.3 is 29.4 Å². The Kier molecular flexibility index (Phi) is 7.42. The van der Waals surface area contributed by atoms with Crippen LogP contribution in [0.2, 0.25) is 5.02 Å². The summed E-state index contributed by atoms with van der Waals surface area (Å²) in [6.07, 6.45) is -0.835. The van der Waals surface area contributed by atoms with E-state index in [9.17, 15) is 5.11 Å². The summed E-state index contributed by atoms with van der Waals surface area (Å²) < 4.78 is 22.9. The monoisotopic (exact) mass is 519 g/mol. The SMILES string of the molecule is COc1cc(CNCc2ccccc2Cl)cc(Br)c1OCC(O)c1ccc2c(c1)OCO2. The lowest BCUT2D eigenvalue weighted by atomic mass is 10.1. The van der Waals surface area contributed by atoms with Crippen molar-refractivity contribution in [3.63, 3.8) is 0 Å². The first-order chi connectivity index (χ1) is 15.5. The van der Waals surface area contributed by atoms with E-state index in [0.29, 0.717) is 41.7 Å². The molecule has 4 rings (SSSR count). The molecule has 0 saturated heterocycles. The highest BCUT2D eigenvalue weighted by Gasteiger charge is 2.19. The summed E-state index contributed by atoms with van der Waals surface area (Å²) in [6, 6.07) is 17.0. The molecule has 0 aliphatic carbocycles. The zero-order chi connectivity index (χ0) is 22.5. The first-order valence-corrected chi connectivity index (χ1v) is 11.2. The Labute approximate surface area is 200 Å². The normalized spacial score (nSPS) is 13.1. The molecule has 0 amide bonds. The van der Waals surface area contributed by atoms with Crippen LogP contribution in [0.25, 0.3) is 0 Å². The number of ether oxygens (including phenoxy) is 4. The smallest absolute Gasteiger partial charge is 0.231 e. The second-order valence-corrected chi connectivity index (χ2v) is 8.51. The van der Waals surface area contributed by atoms with Crippen molar-refractivity contribution in [1.82, 2.24) is 5.32 Å². The lowest BCUT2D eigenvalue weighted by Crippen LogP contribution is -2.14. The predicted octanol–water partition coefficient (Wildman–Crippen LogP) is 5.24. The molecule has 0 fully saturated rings. The van der Waals surface area contributed by atoms with Gasteiger partial charge in [0.05, 0.1) is 11.6 Å². The molecule has 1 atom stereocenters. The van der Waals surface area contributed by atoms with Crippen molar-refractivity contribution in [1.29, 1.82) is 0 Å². The lowest BCUT2D eigenvalue weighted by molar-refractivity contribution is 0.105. The largest absolute Gasteiger partial charge is 0.493 e. The zero-order valence-electron chi connectivity index (χ0n) is 17.4. The molecule has 32 heavy (non-hydrogen) atoms. The van der Waals surface area contributed by atoms with Gasteiger partial charge in [-0.1, -0.05) is 35.9 Å². The molecule has 8 heteroatoms. The average molecular weight is 521 g/mol. The van der Waals surface area contributed by atoms with Crippen LogP contribution in [0, 0.1) is 0 Å². The van der Waals surface area contributed by atoms with Gasteiger partial charge in [-0.25, -0.2) is 0 Å². The van der Waals surface area contributed by atoms with E-state index in [1.807, 2.05) is 36.4 Å². The molecule has 3 aromatic carbocycles. The third kappa shape index (κ3) is 5.30. The van der Waals surface area contributed by atoms with Crippen LogP contribution in [-0.4, -0.2) is 25.6 Å². The number of aliphatic hydroxyl groups excluding tert-OH is 1. The maximum Gasteiger partial charge on any atom is 0.231 e. The number of fused-ring (bicyclic) bond motifs is 1. The van der Waals surface area contributed by atoms with Crippen molar-refractivity contribution in [3.8, 4) is 23.0 Å². The Morgan fingerprint density at radius 3 is 2.72 bits per heavy atom. The van der Waals surface area contributed by atoms with Gasteiger partial charge in [-0.2, -0.15) is 0 Å². The van der Waals surface area contributed by atoms with Gasteiger partial charge in [0, 0.05) is 18.1 Å². The Morgan fingerprint density at radius 1 is 1.09 bits per heavy atom. The quantitative estimate of drug-likeness (QED) is 0.402. The Bertz CT molecular complexity index is 1090. The number of hydrogen-bond donors (Lipinski definition) is 2. The standard InChI is InChI=1S/C24H23BrClNO5/c1-29-23-9-15(11-27-12-17-4-2-3-5-19(17)26)8-18(25)24(23)30-13-20(28)16-6-7-21-22(10-16)32-14-31-21/h2-10,20,27-28H,11-14H2,1H3. The number of aliphatic hydroxyl groups is 1. The van der Waals surface area contributed by atoms with Crippen LogP contribution in [-0.2, 0) is 13.1 Å². The average Bonchev–Trinajstić information content (AvgIpc) is 3.27. The van der Waals surface area contributed by atoms with Crippen molar-refractivity contribution in [2.75, 3.05) is 20.5 Å². The van der Waals surface area contributed by atoms with Crippen LogP contribution >= 0.6 is 27.5 Å². The van der Waals surface area contributed by atoms with E-state index in [4.69, 9.17) is 30.5 Å². The molecule has 1 unspecified atom stereocenters. The molecule has 1 aliphatic heterocycles. The lowest BCUT2D eigenvalue weighted by Gasteiger charge is -2.17. The summed E-state index contributed by atoms with van der Waals surface area (Å²) in [5.41, 5.74) is 2.74. The van der Waals surface area contributed by atoms with Gasteiger partial charge in [0.15, 0.2) is 23.0 Å². The maximum atomic E-state index is 10.6. The Hall–Kier alpha value is -2.45. The summed E-state index contributed by atoms with van der Waals surface area (Å²) in [7, 11) is 1.59. The summed E-state index contributed by atoms with van der Waals surface area (Å²) in [5.74, 6) is 2.40. The van der Waals surface area contributed by atoms with Gasteiger partial charge in [-0.15, -0.1) is 0 Å². The van der Waals surface area contributed by atoms with E-state index in [1.54, 1.807) is 25.3 Å². The van der Waals surface area contributed by atoms with E-state index in [0.717, 1.165) is 20.6 Å². The fourth-order valence-electron chi connectivity index (χ4n) is 3.38. The van der Waals surface area contributed by atoms with Crippen molar-refractivity contribution < 1.29 is 24.1 Å². The van der Waals surface area contributed by atoms with E-state index in [2.05, 4.69) is 21.2 Å². The first kappa shape index (κ1) is 22.7. The number of nitrogens with one attached hydrogen (secondary N) is 1. The number of benzene rings is 3. The predicted molar refractivity (Wildman–Crippen MR) is 126 cm³/mol. The molecule has 0 radical (unpaired) electrons. The fraction of sp³-hybridized carbons (Fsp3) is 0.250. The molecule has 0 aromatic heterocycles. The summed E-state index contributed by atoms with van der Waals surface area (Å²) in [6.45, 7) is 1.52. The van der Waals surface area contributed by atoms with Crippen LogP contribution in [0.4, 0.5) is 0 Å².